The summed E-state index contributed by atoms with van der Waals surface area (Å²) >= 11 is 3.48. The molecular weight excluding hydrogens is 326 g/mol. The van der Waals surface area contributed by atoms with Gasteiger partial charge in [-0.1, -0.05) is 47.3 Å². The fraction of sp³-hybridized carbons (Fsp3) is 0.471. The average Bonchev–Trinajstić information content (AvgIpc) is 2.82. The van der Waals surface area contributed by atoms with Gasteiger partial charge in [0.25, 0.3) is 0 Å². The first-order chi connectivity index (χ1) is 10.2. The van der Waals surface area contributed by atoms with E-state index in [2.05, 4.69) is 68.2 Å². The Morgan fingerprint density at radius 3 is 2.62 bits per heavy atom. The van der Waals surface area contributed by atoms with E-state index in [0.29, 0.717) is 6.04 Å². The molecule has 1 aromatic carbocycles. The Bertz CT molecular complexity index is 583. The summed E-state index contributed by atoms with van der Waals surface area (Å²) in [4.78, 5) is 4.66. The predicted octanol–water partition coefficient (Wildman–Crippen LogP) is 4.75. The third-order valence-corrected chi connectivity index (χ3v) is 4.63. The van der Waals surface area contributed by atoms with Crippen molar-refractivity contribution in [2.45, 2.75) is 51.6 Å². The van der Waals surface area contributed by atoms with E-state index in [1.165, 1.54) is 37.7 Å². The monoisotopic (exact) mass is 347 g/mol. The van der Waals surface area contributed by atoms with Crippen molar-refractivity contribution in [1.29, 1.82) is 0 Å². The lowest BCUT2D eigenvalue weighted by atomic mass is 9.96. The number of nitrogens with one attached hydrogen (secondary N) is 1. The van der Waals surface area contributed by atoms with Gasteiger partial charge in [0.15, 0.2) is 0 Å². The number of anilines is 1. The van der Waals surface area contributed by atoms with Crippen LogP contribution in [0, 0.1) is 6.92 Å². The summed E-state index contributed by atoms with van der Waals surface area (Å²) in [5, 5.41) is 3.64. The molecule has 1 aliphatic rings. The van der Waals surface area contributed by atoms with Gasteiger partial charge in [-0.05, 0) is 37.5 Å². The minimum Gasteiger partial charge on any atom is -0.353 e. The highest BCUT2D eigenvalue weighted by atomic mass is 79.9. The summed E-state index contributed by atoms with van der Waals surface area (Å²) in [6, 6.07) is 9.08. The van der Waals surface area contributed by atoms with Crippen LogP contribution >= 0.6 is 15.9 Å². The zero-order chi connectivity index (χ0) is 14.7. The molecule has 0 aliphatic heterocycles. The van der Waals surface area contributed by atoms with Crippen molar-refractivity contribution in [2.24, 2.45) is 0 Å². The lowest BCUT2D eigenvalue weighted by molar-refractivity contribution is 0.459. The second-order valence-electron chi connectivity index (χ2n) is 5.94. The maximum absolute atomic E-state index is 4.66. The fourth-order valence-electron chi connectivity index (χ4n) is 3.00. The van der Waals surface area contributed by atoms with Crippen LogP contribution in [0.3, 0.4) is 0 Å². The lowest BCUT2D eigenvalue weighted by Crippen LogP contribution is -2.24. The minimum absolute atomic E-state index is 0.587. The topological polar surface area (TPSA) is 29.9 Å². The van der Waals surface area contributed by atoms with Crippen LogP contribution in [0.25, 0.3) is 0 Å². The molecule has 1 aromatic heterocycles. The Kier molecular flexibility index (Phi) is 4.63. The van der Waals surface area contributed by atoms with E-state index in [4.69, 9.17) is 0 Å². The van der Waals surface area contributed by atoms with E-state index >= 15 is 0 Å². The summed E-state index contributed by atoms with van der Waals surface area (Å²) in [6.45, 7) is 2.92. The van der Waals surface area contributed by atoms with Gasteiger partial charge in [-0.2, -0.15) is 0 Å². The first kappa shape index (κ1) is 14.6. The number of hydrogen-bond donors (Lipinski definition) is 1. The average molecular weight is 348 g/mol. The van der Waals surface area contributed by atoms with E-state index in [0.717, 1.165) is 22.7 Å². The number of nitrogens with zero attached hydrogens (tertiary/aromatic N) is 2. The van der Waals surface area contributed by atoms with Gasteiger partial charge in [-0.3, -0.25) is 0 Å². The second-order valence-corrected chi connectivity index (χ2v) is 6.86. The molecule has 1 saturated carbocycles. The third kappa shape index (κ3) is 3.88. The molecule has 1 fully saturated rings. The summed E-state index contributed by atoms with van der Waals surface area (Å²) < 4.78 is 3.35. The normalized spacial score (nSPS) is 16.1. The molecule has 0 bridgehead atoms. The fourth-order valence-corrected chi connectivity index (χ4v) is 3.26. The number of benzene rings is 1. The molecule has 0 atom stereocenters. The Labute approximate surface area is 134 Å². The van der Waals surface area contributed by atoms with E-state index in [1.807, 2.05) is 0 Å². The minimum atomic E-state index is 0.587. The van der Waals surface area contributed by atoms with Crippen molar-refractivity contribution < 1.29 is 0 Å². The molecule has 1 aliphatic carbocycles. The number of aromatic nitrogens is 2. The first-order valence-corrected chi connectivity index (χ1v) is 8.55. The highest BCUT2D eigenvalue weighted by Gasteiger charge is 2.16. The van der Waals surface area contributed by atoms with Crippen molar-refractivity contribution in [3.8, 4) is 0 Å². The Hall–Kier alpha value is -1.29. The van der Waals surface area contributed by atoms with Crippen LogP contribution < -0.4 is 5.32 Å². The van der Waals surface area contributed by atoms with E-state index in [1.54, 1.807) is 0 Å². The molecule has 0 unspecified atom stereocenters. The third-order valence-electron chi connectivity index (χ3n) is 4.10. The number of rotatable bonds is 4. The Morgan fingerprint density at radius 1 is 1.19 bits per heavy atom. The van der Waals surface area contributed by atoms with Crippen LogP contribution in [-0.2, 0) is 6.54 Å². The standard InChI is InChI=1S/C17H22BrN3/c1-13-11-21(12-14-7-9-15(18)10-8-14)17(19-13)20-16-5-3-2-4-6-16/h7-11,16H,2-6,12H2,1H3,(H,19,20). The maximum atomic E-state index is 4.66. The van der Waals surface area contributed by atoms with E-state index < -0.39 is 0 Å². The molecule has 0 amide bonds. The number of imidazole rings is 1. The maximum Gasteiger partial charge on any atom is 0.203 e. The van der Waals surface area contributed by atoms with Crippen molar-refractivity contribution in [1.82, 2.24) is 9.55 Å². The quantitative estimate of drug-likeness (QED) is 0.864. The predicted molar refractivity (Wildman–Crippen MR) is 90.7 cm³/mol. The molecule has 2 aromatic rings. The highest BCUT2D eigenvalue weighted by Crippen LogP contribution is 2.22. The van der Waals surface area contributed by atoms with Crippen LogP contribution in [0.2, 0.25) is 0 Å². The highest BCUT2D eigenvalue weighted by molar-refractivity contribution is 9.10. The largest absolute Gasteiger partial charge is 0.353 e. The molecular formula is C17H22BrN3. The van der Waals surface area contributed by atoms with E-state index in [-0.39, 0.29) is 0 Å². The van der Waals surface area contributed by atoms with Gasteiger partial charge in [-0.15, -0.1) is 0 Å². The summed E-state index contributed by atoms with van der Waals surface area (Å²) in [5.41, 5.74) is 2.37. The molecule has 112 valence electrons. The van der Waals surface area contributed by atoms with Crippen LogP contribution in [0.15, 0.2) is 34.9 Å². The Morgan fingerprint density at radius 2 is 1.90 bits per heavy atom. The van der Waals surface area contributed by atoms with Gasteiger partial charge in [0.2, 0.25) is 5.95 Å². The van der Waals surface area contributed by atoms with Crippen molar-refractivity contribution in [3.63, 3.8) is 0 Å². The van der Waals surface area contributed by atoms with Gasteiger partial charge in [0, 0.05) is 16.7 Å². The molecule has 1 N–H and O–H groups in total. The molecule has 1 heterocycles. The van der Waals surface area contributed by atoms with Crippen LogP contribution in [0.5, 0.6) is 0 Å². The lowest BCUT2D eigenvalue weighted by Gasteiger charge is -2.23. The number of halogens is 1. The Balaban J connectivity index is 1.73. The van der Waals surface area contributed by atoms with Gasteiger partial charge >= 0.3 is 0 Å². The molecule has 0 radical (unpaired) electrons. The molecule has 3 rings (SSSR count). The van der Waals surface area contributed by atoms with Crippen LogP contribution in [-0.4, -0.2) is 15.6 Å². The van der Waals surface area contributed by atoms with E-state index in [9.17, 15) is 0 Å². The van der Waals surface area contributed by atoms with Gasteiger partial charge in [0.1, 0.15) is 0 Å². The number of hydrogen-bond acceptors (Lipinski definition) is 2. The smallest absolute Gasteiger partial charge is 0.203 e. The molecule has 3 nitrogen and oxygen atoms in total. The van der Waals surface area contributed by atoms with Crippen molar-refractivity contribution >= 4 is 21.9 Å². The molecule has 0 spiro atoms. The summed E-state index contributed by atoms with van der Waals surface area (Å²) in [6.07, 6.45) is 8.72. The van der Waals surface area contributed by atoms with Crippen molar-refractivity contribution in [2.75, 3.05) is 5.32 Å². The van der Waals surface area contributed by atoms with Gasteiger partial charge in [0.05, 0.1) is 12.2 Å². The zero-order valence-corrected chi connectivity index (χ0v) is 14.1. The first-order valence-electron chi connectivity index (χ1n) is 7.75. The van der Waals surface area contributed by atoms with Gasteiger partial charge < -0.3 is 9.88 Å². The molecule has 0 saturated heterocycles. The molecule has 4 heteroatoms. The number of aryl methyl sites for hydroxylation is 1. The van der Waals surface area contributed by atoms with Crippen LogP contribution in [0.1, 0.15) is 43.4 Å². The van der Waals surface area contributed by atoms with Crippen molar-refractivity contribution in [3.05, 3.63) is 46.2 Å². The SMILES string of the molecule is Cc1cn(Cc2ccc(Br)cc2)c(NC2CCCCC2)n1. The zero-order valence-electron chi connectivity index (χ0n) is 12.5. The summed E-state index contributed by atoms with van der Waals surface area (Å²) in [5.74, 6) is 1.02. The second kappa shape index (κ2) is 6.65. The summed E-state index contributed by atoms with van der Waals surface area (Å²) in [7, 11) is 0. The van der Waals surface area contributed by atoms with Crippen LogP contribution in [0.4, 0.5) is 5.95 Å². The van der Waals surface area contributed by atoms with Gasteiger partial charge in [-0.25, -0.2) is 4.98 Å². The molecule has 21 heavy (non-hydrogen) atoms.